The Morgan fingerprint density at radius 3 is 2.83 bits per heavy atom. The first-order chi connectivity index (χ1) is 8.77. The van der Waals surface area contributed by atoms with Gasteiger partial charge in [0.2, 0.25) is 5.88 Å². The number of methoxy groups -OCH3 is 1. The molecule has 18 heavy (non-hydrogen) atoms. The van der Waals surface area contributed by atoms with Crippen molar-refractivity contribution < 1.29 is 9.53 Å². The molecule has 0 radical (unpaired) electrons. The zero-order valence-corrected chi connectivity index (χ0v) is 10.6. The normalized spacial score (nSPS) is 23.7. The van der Waals surface area contributed by atoms with Gasteiger partial charge < -0.3 is 10.5 Å². The molecule has 2 N–H and O–H groups in total. The number of Topliss-reactive ketones (excluding diaryl/α,β-unsaturated/α-hetero) is 1. The highest BCUT2D eigenvalue weighted by molar-refractivity contribution is 5.98. The summed E-state index contributed by atoms with van der Waals surface area (Å²) in [4.78, 5) is 20.7. The summed E-state index contributed by atoms with van der Waals surface area (Å²) < 4.78 is 5.10. The summed E-state index contributed by atoms with van der Waals surface area (Å²) >= 11 is 0. The second-order valence-corrected chi connectivity index (χ2v) is 4.67. The molecular weight excluding hydrogens is 230 g/mol. The van der Waals surface area contributed by atoms with E-state index in [9.17, 15) is 4.79 Å². The molecule has 1 aliphatic rings. The van der Waals surface area contributed by atoms with Crippen LogP contribution in [0.4, 0.5) is 0 Å². The zero-order valence-electron chi connectivity index (χ0n) is 10.6. The second-order valence-electron chi connectivity index (χ2n) is 4.67. The Kier molecular flexibility index (Phi) is 4.25. The largest absolute Gasteiger partial charge is 0.479 e. The summed E-state index contributed by atoms with van der Waals surface area (Å²) in [5, 5.41) is 0. The Balaban J connectivity index is 2.24. The lowest BCUT2D eigenvalue weighted by molar-refractivity contribution is 0.0820. The molecule has 0 saturated heterocycles. The van der Waals surface area contributed by atoms with Crippen molar-refractivity contribution in [1.29, 1.82) is 0 Å². The van der Waals surface area contributed by atoms with E-state index in [4.69, 9.17) is 10.5 Å². The van der Waals surface area contributed by atoms with Crippen LogP contribution in [0.15, 0.2) is 12.4 Å². The lowest BCUT2D eigenvalue weighted by Crippen LogP contribution is -2.33. The minimum Gasteiger partial charge on any atom is -0.479 e. The number of ketones is 1. The maximum atomic E-state index is 12.5. The standard InChI is InChI=1S/C13H19N3O2/c1-18-13-11(15-6-7-16-13)12(17)10-5-3-2-4-9(10)8-14/h6-7,9-10H,2-5,8,14H2,1H3. The molecule has 2 atom stereocenters. The number of nitrogens with zero attached hydrogens (tertiary/aromatic N) is 2. The molecule has 1 aromatic rings. The number of rotatable bonds is 4. The van der Waals surface area contributed by atoms with E-state index in [1.54, 1.807) is 0 Å². The van der Waals surface area contributed by atoms with Gasteiger partial charge in [-0.15, -0.1) is 0 Å². The molecule has 5 heteroatoms. The molecule has 1 saturated carbocycles. The van der Waals surface area contributed by atoms with Crippen molar-refractivity contribution in [3.05, 3.63) is 18.1 Å². The number of carbonyl (C=O) groups is 1. The fraction of sp³-hybridized carbons (Fsp3) is 0.615. The molecule has 0 bridgehead atoms. The SMILES string of the molecule is COc1nccnc1C(=O)C1CCCCC1CN. The zero-order chi connectivity index (χ0) is 13.0. The molecule has 5 nitrogen and oxygen atoms in total. The van der Waals surface area contributed by atoms with Gasteiger partial charge in [-0.3, -0.25) is 4.79 Å². The van der Waals surface area contributed by atoms with Gasteiger partial charge in [-0.25, -0.2) is 9.97 Å². The van der Waals surface area contributed by atoms with Crippen LogP contribution in [0, 0.1) is 11.8 Å². The molecule has 1 fully saturated rings. The highest BCUT2D eigenvalue weighted by Crippen LogP contribution is 2.32. The number of hydrogen-bond acceptors (Lipinski definition) is 5. The van der Waals surface area contributed by atoms with Gasteiger partial charge in [-0.1, -0.05) is 12.8 Å². The van der Waals surface area contributed by atoms with E-state index in [1.165, 1.54) is 19.5 Å². The van der Waals surface area contributed by atoms with Gasteiger partial charge in [0.25, 0.3) is 0 Å². The van der Waals surface area contributed by atoms with Crippen LogP contribution in [-0.2, 0) is 0 Å². The highest BCUT2D eigenvalue weighted by Gasteiger charge is 2.32. The monoisotopic (exact) mass is 249 g/mol. The van der Waals surface area contributed by atoms with Crippen LogP contribution in [0.5, 0.6) is 5.88 Å². The average molecular weight is 249 g/mol. The van der Waals surface area contributed by atoms with Crippen molar-refractivity contribution in [1.82, 2.24) is 9.97 Å². The summed E-state index contributed by atoms with van der Waals surface area (Å²) in [6, 6.07) is 0. The van der Waals surface area contributed by atoms with Crippen molar-refractivity contribution in [2.24, 2.45) is 17.6 Å². The first kappa shape index (κ1) is 13.0. The molecule has 1 aromatic heterocycles. The first-order valence-electron chi connectivity index (χ1n) is 6.37. The van der Waals surface area contributed by atoms with Crippen LogP contribution in [0.1, 0.15) is 36.2 Å². The average Bonchev–Trinajstić information content (AvgIpc) is 2.46. The van der Waals surface area contributed by atoms with Gasteiger partial charge in [-0.2, -0.15) is 0 Å². The summed E-state index contributed by atoms with van der Waals surface area (Å²) in [7, 11) is 1.50. The van der Waals surface area contributed by atoms with Crippen molar-refractivity contribution >= 4 is 5.78 Å². The summed E-state index contributed by atoms with van der Waals surface area (Å²) in [6.45, 7) is 0.555. The Bertz CT molecular complexity index is 422. The van der Waals surface area contributed by atoms with Crippen LogP contribution in [-0.4, -0.2) is 29.4 Å². The summed E-state index contributed by atoms with van der Waals surface area (Å²) in [5.41, 5.74) is 6.10. The van der Waals surface area contributed by atoms with E-state index in [0.29, 0.717) is 18.1 Å². The fourth-order valence-corrected chi connectivity index (χ4v) is 2.65. The Hall–Kier alpha value is -1.49. The molecular formula is C13H19N3O2. The third kappa shape index (κ3) is 2.51. The van der Waals surface area contributed by atoms with E-state index in [-0.39, 0.29) is 17.6 Å². The van der Waals surface area contributed by atoms with Crippen molar-refractivity contribution in [3.63, 3.8) is 0 Å². The van der Waals surface area contributed by atoms with E-state index < -0.39 is 0 Å². The molecule has 2 unspecified atom stereocenters. The van der Waals surface area contributed by atoms with Crippen LogP contribution in [0.2, 0.25) is 0 Å². The van der Waals surface area contributed by atoms with Crippen LogP contribution >= 0.6 is 0 Å². The first-order valence-corrected chi connectivity index (χ1v) is 6.37. The molecule has 0 amide bonds. The van der Waals surface area contributed by atoms with Crippen molar-refractivity contribution in [2.75, 3.05) is 13.7 Å². The lowest BCUT2D eigenvalue weighted by atomic mass is 9.76. The molecule has 1 aliphatic carbocycles. The fourth-order valence-electron chi connectivity index (χ4n) is 2.65. The van der Waals surface area contributed by atoms with E-state index >= 15 is 0 Å². The number of carbonyl (C=O) groups excluding carboxylic acids is 1. The van der Waals surface area contributed by atoms with Crippen LogP contribution in [0.3, 0.4) is 0 Å². The quantitative estimate of drug-likeness (QED) is 0.817. The van der Waals surface area contributed by atoms with Crippen LogP contribution < -0.4 is 10.5 Å². The predicted molar refractivity (Wildman–Crippen MR) is 67.4 cm³/mol. The van der Waals surface area contributed by atoms with Gasteiger partial charge in [0.15, 0.2) is 11.5 Å². The van der Waals surface area contributed by atoms with Crippen LogP contribution in [0.25, 0.3) is 0 Å². The predicted octanol–water partition coefficient (Wildman–Crippen LogP) is 1.43. The van der Waals surface area contributed by atoms with Crippen molar-refractivity contribution in [3.8, 4) is 5.88 Å². The van der Waals surface area contributed by atoms with E-state index in [2.05, 4.69) is 9.97 Å². The Morgan fingerprint density at radius 2 is 2.11 bits per heavy atom. The topological polar surface area (TPSA) is 78.1 Å². The lowest BCUT2D eigenvalue weighted by Gasteiger charge is -2.29. The van der Waals surface area contributed by atoms with Gasteiger partial charge in [0.05, 0.1) is 7.11 Å². The molecule has 0 aromatic carbocycles. The number of nitrogens with two attached hydrogens (primary N) is 1. The van der Waals surface area contributed by atoms with E-state index in [0.717, 1.165) is 25.7 Å². The third-order valence-electron chi connectivity index (χ3n) is 3.64. The maximum Gasteiger partial charge on any atom is 0.243 e. The van der Waals surface area contributed by atoms with Gasteiger partial charge in [0.1, 0.15) is 0 Å². The maximum absolute atomic E-state index is 12.5. The molecule has 98 valence electrons. The molecule has 0 aliphatic heterocycles. The molecule has 1 heterocycles. The number of hydrogen-bond donors (Lipinski definition) is 1. The van der Waals surface area contributed by atoms with Gasteiger partial charge in [0, 0.05) is 18.3 Å². The minimum absolute atomic E-state index is 0.0232. The number of ether oxygens (including phenoxy) is 1. The van der Waals surface area contributed by atoms with E-state index in [1.807, 2.05) is 0 Å². The minimum atomic E-state index is -0.0330. The van der Waals surface area contributed by atoms with Gasteiger partial charge in [-0.05, 0) is 25.3 Å². The summed E-state index contributed by atoms with van der Waals surface area (Å²) in [5.74, 6) is 0.561. The Morgan fingerprint density at radius 1 is 1.39 bits per heavy atom. The second kappa shape index (κ2) is 5.91. The highest BCUT2D eigenvalue weighted by atomic mass is 16.5. The van der Waals surface area contributed by atoms with Gasteiger partial charge >= 0.3 is 0 Å². The Labute approximate surface area is 107 Å². The number of aromatic nitrogens is 2. The molecule has 0 spiro atoms. The third-order valence-corrected chi connectivity index (χ3v) is 3.64. The smallest absolute Gasteiger partial charge is 0.243 e. The molecule has 2 rings (SSSR count). The van der Waals surface area contributed by atoms with Crippen molar-refractivity contribution in [2.45, 2.75) is 25.7 Å². The summed E-state index contributed by atoms with van der Waals surface area (Å²) in [6.07, 6.45) is 7.20.